The number of benzene rings is 2. The third-order valence-corrected chi connectivity index (χ3v) is 4.03. The Balaban J connectivity index is 1.88. The Morgan fingerprint density at radius 3 is 3.00 bits per heavy atom. The van der Waals surface area contributed by atoms with Gasteiger partial charge in [0.2, 0.25) is 0 Å². The van der Waals surface area contributed by atoms with E-state index in [-0.39, 0.29) is 5.82 Å². The van der Waals surface area contributed by atoms with Crippen LogP contribution in [0, 0.1) is 5.82 Å². The largest absolute Gasteiger partial charge is 0.388 e. The molecule has 2 aromatic rings. The summed E-state index contributed by atoms with van der Waals surface area (Å²) in [7, 11) is 0. The van der Waals surface area contributed by atoms with Crippen molar-refractivity contribution in [3.63, 3.8) is 0 Å². The second kappa shape index (κ2) is 5.43. The van der Waals surface area contributed by atoms with Gasteiger partial charge in [0.1, 0.15) is 5.82 Å². The molecule has 0 fully saturated rings. The van der Waals surface area contributed by atoms with E-state index in [0.29, 0.717) is 17.0 Å². The van der Waals surface area contributed by atoms with Crippen molar-refractivity contribution in [2.75, 3.05) is 11.9 Å². The zero-order chi connectivity index (χ0) is 14.1. The molecule has 0 saturated carbocycles. The summed E-state index contributed by atoms with van der Waals surface area (Å²) in [5.74, 6) is -0.340. The molecule has 1 aliphatic rings. The lowest BCUT2D eigenvalue weighted by Gasteiger charge is -2.16. The summed E-state index contributed by atoms with van der Waals surface area (Å²) < 4.78 is 13.3. The molecule has 0 aliphatic carbocycles. The summed E-state index contributed by atoms with van der Waals surface area (Å²) in [6.45, 7) is 0.889. The maximum absolute atomic E-state index is 13.3. The molecule has 1 atom stereocenters. The van der Waals surface area contributed by atoms with Crippen molar-refractivity contribution in [1.29, 1.82) is 0 Å². The van der Waals surface area contributed by atoms with Crippen LogP contribution >= 0.6 is 11.6 Å². The van der Waals surface area contributed by atoms with Crippen LogP contribution in [-0.4, -0.2) is 11.7 Å². The zero-order valence-corrected chi connectivity index (χ0v) is 11.6. The van der Waals surface area contributed by atoms with E-state index in [2.05, 4.69) is 11.4 Å². The van der Waals surface area contributed by atoms with E-state index in [4.69, 9.17) is 11.6 Å². The van der Waals surface area contributed by atoms with E-state index in [1.54, 1.807) is 0 Å². The molecule has 1 aliphatic heterocycles. The van der Waals surface area contributed by atoms with Crippen molar-refractivity contribution >= 4 is 17.3 Å². The smallest absolute Gasteiger partial charge is 0.123 e. The Hall–Kier alpha value is -1.58. The standard InChI is InChI=1S/C16H15ClFNO/c17-14-5-4-12(18)8-11(14)9-15(20)13-3-1-2-10-6-7-19-16(10)13/h1-5,8,15,19-20H,6-7,9H2. The SMILES string of the molecule is OC(Cc1cc(F)ccc1Cl)c1cccc2c1NCC2. The lowest BCUT2D eigenvalue weighted by atomic mass is 9.98. The molecular weight excluding hydrogens is 277 g/mol. The molecule has 0 bridgehead atoms. The first kappa shape index (κ1) is 13.4. The summed E-state index contributed by atoms with van der Waals surface area (Å²) in [4.78, 5) is 0. The molecule has 0 amide bonds. The lowest BCUT2D eigenvalue weighted by molar-refractivity contribution is 0.179. The highest BCUT2D eigenvalue weighted by Gasteiger charge is 2.19. The predicted molar refractivity (Wildman–Crippen MR) is 78.7 cm³/mol. The molecule has 20 heavy (non-hydrogen) atoms. The monoisotopic (exact) mass is 291 g/mol. The maximum Gasteiger partial charge on any atom is 0.123 e. The molecule has 2 N–H and O–H groups in total. The normalized spacial score (nSPS) is 14.8. The van der Waals surface area contributed by atoms with Crippen LogP contribution in [-0.2, 0) is 12.8 Å². The number of halogens is 2. The van der Waals surface area contributed by atoms with Crippen LogP contribution in [0.15, 0.2) is 36.4 Å². The van der Waals surface area contributed by atoms with Gasteiger partial charge in [-0.25, -0.2) is 4.39 Å². The molecule has 0 radical (unpaired) electrons. The van der Waals surface area contributed by atoms with Gasteiger partial charge in [0.25, 0.3) is 0 Å². The van der Waals surface area contributed by atoms with Crippen molar-refractivity contribution in [3.8, 4) is 0 Å². The molecule has 3 rings (SSSR count). The van der Waals surface area contributed by atoms with Crippen LogP contribution in [0.5, 0.6) is 0 Å². The van der Waals surface area contributed by atoms with E-state index in [1.165, 1.54) is 23.8 Å². The number of aliphatic hydroxyl groups is 1. The van der Waals surface area contributed by atoms with Crippen LogP contribution in [0.1, 0.15) is 22.8 Å². The van der Waals surface area contributed by atoms with Gasteiger partial charge in [0.05, 0.1) is 6.10 Å². The molecule has 2 nitrogen and oxygen atoms in total. The fourth-order valence-electron chi connectivity index (χ4n) is 2.66. The van der Waals surface area contributed by atoms with E-state index in [9.17, 15) is 9.50 Å². The van der Waals surface area contributed by atoms with Gasteiger partial charge in [-0.05, 0) is 35.7 Å². The van der Waals surface area contributed by atoms with Gasteiger partial charge in [-0.1, -0.05) is 29.8 Å². The molecular formula is C16H15ClFNO. The summed E-state index contributed by atoms with van der Waals surface area (Å²) in [5.41, 5.74) is 3.69. The highest BCUT2D eigenvalue weighted by Crippen LogP contribution is 2.33. The average molecular weight is 292 g/mol. The van der Waals surface area contributed by atoms with Gasteiger partial charge < -0.3 is 10.4 Å². The Labute approximate surface area is 122 Å². The summed E-state index contributed by atoms with van der Waals surface area (Å²) in [6.07, 6.45) is 0.570. The lowest BCUT2D eigenvalue weighted by Crippen LogP contribution is -2.06. The molecule has 0 aromatic heterocycles. The predicted octanol–water partition coefficient (Wildman–Crippen LogP) is 3.72. The van der Waals surface area contributed by atoms with E-state index in [0.717, 1.165) is 24.2 Å². The minimum Gasteiger partial charge on any atom is -0.388 e. The first-order valence-electron chi connectivity index (χ1n) is 6.63. The van der Waals surface area contributed by atoms with Crippen molar-refractivity contribution in [2.45, 2.75) is 18.9 Å². The molecule has 4 heteroatoms. The molecule has 2 aromatic carbocycles. The van der Waals surface area contributed by atoms with Gasteiger partial charge in [-0.3, -0.25) is 0 Å². The van der Waals surface area contributed by atoms with Crippen LogP contribution in [0.3, 0.4) is 0 Å². The summed E-state index contributed by atoms with van der Waals surface area (Å²) in [6, 6.07) is 10.1. The Morgan fingerprint density at radius 1 is 1.30 bits per heavy atom. The topological polar surface area (TPSA) is 32.3 Å². The Bertz CT molecular complexity index is 644. The maximum atomic E-state index is 13.3. The number of aliphatic hydroxyl groups excluding tert-OH is 1. The second-order valence-corrected chi connectivity index (χ2v) is 5.42. The number of hydrogen-bond acceptors (Lipinski definition) is 2. The number of hydrogen-bond donors (Lipinski definition) is 2. The van der Waals surface area contributed by atoms with Crippen molar-refractivity contribution < 1.29 is 9.50 Å². The van der Waals surface area contributed by atoms with Gasteiger partial charge in [-0.15, -0.1) is 0 Å². The van der Waals surface area contributed by atoms with Crippen LogP contribution in [0.25, 0.3) is 0 Å². The van der Waals surface area contributed by atoms with Gasteiger partial charge in [-0.2, -0.15) is 0 Å². The molecule has 104 valence electrons. The second-order valence-electron chi connectivity index (χ2n) is 5.01. The summed E-state index contributed by atoms with van der Waals surface area (Å²) in [5, 5.41) is 14.2. The highest BCUT2D eigenvalue weighted by molar-refractivity contribution is 6.31. The molecule has 1 heterocycles. The molecule has 1 unspecified atom stereocenters. The highest BCUT2D eigenvalue weighted by atomic mass is 35.5. The van der Waals surface area contributed by atoms with Crippen molar-refractivity contribution in [2.24, 2.45) is 0 Å². The average Bonchev–Trinajstić information content (AvgIpc) is 2.91. The van der Waals surface area contributed by atoms with E-state index in [1.807, 2.05) is 12.1 Å². The van der Waals surface area contributed by atoms with E-state index < -0.39 is 6.10 Å². The number of anilines is 1. The van der Waals surface area contributed by atoms with Gasteiger partial charge in [0.15, 0.2) is 0 Å². The number of nitrogens with one attached hydrogen (secondary N) is 1. The van der Waals surface area contributed by atoms with Crippen molar-refractivity contribution in [3.05, 3.63) is 63.9 Å². The van der Waals surface area contributed by atoms with Gasteiger partial charge in [0, 0.05) is 29.2 Å². The quantitative estimate of drug-likeness (QED) is 0.903. The minimum atomic E-state index is -0.699. The van der Waals surface area contributed by atoms with Crippen molar-refractivity contribution in [1.82, 2.24) is 0 Å². The number of fused-ring (bicyclic) bond motifs is 1. The third-order valence-electron chi connectivity index (χ3n) is 3.66. The Morgan fingerprint density at radius 2 is 2.15 bits per heavy atom. The third kappa shape index (κ3) is 2.51. The fourth-order valence-corrected chi connectivity index (χ4v) is 2.86. The van der Waals surface area contributed by atoms with E-state index >= 15 is 0 Å². The number of para-hydroxylation sites is 1. The summed E-state index contributed by atoms with van der Waals surface area (Å²) >= 11 is 6.05. The zero-order valence-electron chi connectivity index (χ0n) is 10.9. The van der Waals surface area contributed by atoms with Crippen LogP contribution in [0.4, 0.5) is 10.1 Å². The van der Waals surface area contributed by atoms with Crippen LogP contribution < -0.4 is 5.32 Å². The fraction of sp³-hybridized carbons (Fsp3) is 0.250. The first-order valence-corrected chi connectivity index (χ1v) is 7.00. The molecule has 0 saturated heterocycles. The van der Waals surface area contributed by atoms with Gasteiger partial charge >= 0.3 is 0 Å². The number of rotatable bonds is 3. The Kier molecular flexibility index (Phi) is 3.64. The first-order chi connectivity index (χ1) is 9.65. The van der Waals surface area contributed by atoms with Crippen LogP contribution in [0.2, 0.25) is 5.02 Å². The molecule has 0 spiro atoms. The minimum absolute atomic E-state index is 0.300.